The predicted molar refractivity (Wildman–Crippen MR) is 70.2 cm³/mol. The van der Waals surface area contributed by atoms with Crippen molar-refractivity contribution in [1.29, 1.82) is 0 Å². The molecule has 1 aromatic carbocycles. The zero-order valence-electron chi connectivity index (χ0n) is 11.1. The minimum atomic E-state index is -2.74. The minimum Gasteiger partial charge on any atom is -0.297 e. The van der Waals surface area contributed by atoms with Crippen LogP contribution >= 0.6 is 0 Å². The molecular formula is C14H11F2N3O2. The Morgan fingerprint density at radius 3 is 2.76 bits per heavy atom. The topological polar surface area (TPSA) is 55.2 Å². The van der Waals surface area contributed by atoms with Crippen LogP contribution in [0.1, 0.15) is 28.3 Å². The van der Waals surface area contributed by atoms with Crippen molar-refractivity contribution in [3.63, 3.8) is 0 Å². The number of hydrogen-bond donors (Lipinski definition) is 0. The Morgan fingerprint density at radius 1 is 1.29 bits per heavy atom. The number of carbonyl (C=O) groups is 2. The van der Waals surface area contributed by atoms with Gasteiger partial charge in [0.1, 0.15) is 5.82 Å². The summed E-state index contributed by atoms with van der Waals surface area (Å²) in [6, 6.07) is 5.02. The van der Waals surface area contributed by atoms with Crippen LogP contribution in [0.25, 0.3) is 0 Å². The van der Waals surface area contributed by atoms with Gasteiger partial charge in [-0.3, -0.25) is 19.1 Å². The van der Waals surface area contributed by atoms with Crippen LogP contribution in [0, 0.1) is 6.92 Å². The predicted octanol–water partition coefficient (Wildman–Crippen LogP) is 2.32. The lowest BCUT2D eigenvalue weighted by Gasteiger charge is -2.17. The highest BCUT2D eigenvalue weighted by molar-refractivity contribution is 6.52. The van der Waals surface area contributed by atoms with Gasteiger partial charge < -0.3 is 0 Å². The summed E-state index contributed by atoms with van der Waals surface area (Å²) in [5, 5.41) is 0. The minimum absolute atomic E-state index is 0.0274. The van der Waals surface area contributed by atoms with Gasteiger partial charge in [0, 0.05) is 12.4 Å². The number of nitrogens with zero attached hydrogens (tertiary/aromatic N) is 3. The molecule has 1 aliphatic heterocycles. The number of alkyl halides is 2. The summed E-state index contributed by atoms with van der Waals surface area (Å²) in [6.45, 7) is -1.10. The van der Waals surface area contributed by atoms with Gasteiger partial charge in [0.15, 0.2) is 0 Å². The van der Waals surface area contributed by atoms with Crippen molar-refractivity contribution < 1.29 is 18.4 Å². The number of amides is 1. The number of aryl methyl sites for hydroxylation is 1. The normalized spacial score (nSPS) is 14.2. The molecule has 7 heteroatoms. The zero-order chi connectivity index (χ0) is 15.1. The Hall–Kier alpha value is -2.57. The van der Waals surface area contributed by atoms with E-state index in [1.54, 1.807) is 18.2 Å². The number of anilines is 1. The Bertz CT molecular complexity index is 740. The monoisotopic (exact) mass is 291 g/mol. The molecule has 0 aliphatic carbocycles. The molecule has 1 amide bonds. The van der Waals surface area contributed by atoms with Gasteiger partial charge in [-0.2, -0.15) is 8.78 Å². The highest BCUT2D eigenvalue weighted by Gasteiger charge is 2.36. The molecule has 0 saturated carbocycles. The van der Waals surface area contributed by atoms with Crippen LogP contribution in [0.5, 0.6) is 0 Å². The molecule has 0 spiro atoms. The molecule has 0 fully saturated rings. The molecule has 1 aliphatic rings. The van der Waals surface area contributed by atoms with E-state index in [1.807, 2.05) is 6.92 Å². The van der Waals surface area contributed by atoms with E-state index < -0.39 is 18.2 Å². The maximum atomic E-state index is 12.8. The highest BCUT2D eigenvalue weighted by Crippen LogP contribution is 2.31. The van der Waals surface area contributed by atoms with E-state index in [1.165, 1.54) is 11.1 Å². The van der Waals surface area contributed by atoms with Crippen molar-refractivity contribution in [2.75, 3.05) is 4.90 Å². The molecular weight excluding hydrogens is 280 g/mol. The number of imidazole rings is 1. The molecule has 21 heavy (non-hydrogen) atoms. The smallest absolute Gasteiger partial charge is 0.297 e. The van der Waals surface area contributed by atoms with Gasteiger partial charge in [-0.15, -0.1) is 0 Å². The molecule has 5 nitrogen and oxygen atoms in total. The quantitative estimate of drug-likeness (QED) is 0.815. The lowest BCUT2D eigenvalue weighted by molar-refractivity contribution is -0.114. The number of aromatic nitrogens is 2. The third kappa shape index (κ3) is 2.10. The van der Waals surface area contributed by atoms with Gasteiger partial charge in [-0.1, -0.05) is 11.6 Å². The van der Waals surface area contributed by atoms with E-state index in [0.717, 1.165) is 11.8 Å². The lowest BCUT2D eigenvalue weighted by Crippen LogP contribution is -2.30. The van der Waals surface area contributed by atoms with Gasteiger partial charge in [0.2, 0.25) is 0 Å². The van der Waals surface area contributed by atoms with Gasteiger partial charge in [0.25, 0.3) is 11.7 Å². The van der Waals surface area contributed by atoms with E-state index >= 15 is 0 Å². The SMILES string of the molecule is Cc1ccc2c(c1)C(=O)C(=O)N2Cc1nccn1C(F)F. The molecule has 0 unspecified atom stereocenters. The number of ketones is 1. The summed E-state index contributed by atoms with van der Waals surface area (Å²) < 4.78 is 26.3. The average molecular weight is 291 g/mol. The summed E-state index contributed by atoms with van der Waals surface area (Å²) in [6.07, 6.45) is 2.37. The first-order chi connectivity index (χ1) is 9.99. The fourth-order valence-electron chi connectivity index (χ4n) is 2.36. The first-order valence-corrected chi connectivity index (χ1v) is 6.25. The third-order valence-corrected chi connectivity index (χ3v) is 3.39. The average Bonchev–Trinajstić information content (AvgIpc) is 2.99. The van der Waals surface area contributed by atoms with E-state index in [0.29, 0.717) is 15.8 Å². The number of fused-ring (bicyclic) bond motifs is 1. The number of benzene rings is 1. The standard InChI is InChI=1S/C14H11F2N3O2/c1-8-2-3-10-9(6-8)12(20)13(21)19(10)7-11-17-4-5-18(11)14(15)16/h2-6,14H,7H2,1H3. The second kappa shape index (κ2) is 4.76. The first kappa shape index (κ1) is 13.4. The van der Waals surface area contributed by atoms with Gasteiger partial charge in [-0.25, -0.2) is 4.98 Å². The number of rotatable bonds is 3. The lowest BCUT2D eigenvalue weighted by atomic mass is 10.1. The Balaban J connectivity index is 1.99. The highest BCUT2D eigenvalue weighted by atomic mass is 19.3. The van der Waals surface area contributed by atoms with Crippen LogP contribution < -0.4 is 4.90 Å². The molecule has 0 atom stereocenters. The summed E-state index contributed by atoms with van der Waals surface area (Å²) in [5.74, 6) is -1.32. The van der Waals surface area contributed by atoms with Gasteiger partial charge >= 0.3 is 6.55 Å². The molecule has 0 saturated heterocycles. The van der Waals surface area contributed by atoms with Gasteiger partial charge in [-0.05, 0) is 19.1 Å². The number of Topliss-reactive ketones (excluding diaryl/α,β-unsaturated/α-hetero) is 1. The van der Waals surface area contributed by atoms with Crippen LogP contribution in [0.4, 0.5) is 14.5 Å². The van der Waals surface area contributed by atoms with Gasteiger partial charge in [0.05, 0.1) is 17.8 Å². The molecule has 0 N–H and O–H groups in total. The van der Waals surface area contributed by atoms with Crippen molar-refractivity contribution in [2.24, 2.45) is 0 Å². The summed E-state index contributed by atoms with van der Waals surface area (Å²) in [7, 11) is 0. The largest absolute Gasteiger partial charge is 0.319 e. The molecule has 0 radical (unpaired) electrons. The zero-order valence-corrected chi connectivity index (χ0v) is 11.1. The Labute approximate surface area is 118 Å². The molecule has 3 rings (SSSR count). The van der Waals surface area contributed by atoms with E-state index in [4.69, 9.17) is 0 Å². The Kier molecular flexibility index (Phi) is 3.04. The summed E-state index contributed by atoms with van der Waals surface area (Å²) in [5.41, 5.74) is 1.58. The van der Waals surface area contributed by atoms with Crippen LogP contribution in [0.15, 0.2) is 30.6 Å². The van der Waals surface area contributed by atoms with Crippen molar-refractivity contribution in [3.8, 4) is 0 Å². The number of carbonyl (C=O) groups excluding carboxylic acids is 2. The second-order valence-electron chi connectivity index (χ2n) is 4.77. The van der Waals surface area contributed by atoms with Crippen molar-refractivity contribution in [2.45, 2.75) is 20.0 Å². The van der Waals surface area contributed by atoms with Crippen molar-refractivity contribution >= 4 is 17.4 Å². The van der Waals surface area contributed by atoms with E-state index in [2.05, 4.69) is 4.98 Å². The second-order valence-corrected chi connectivity index (χ2v) is 4.77. The van der Waals surface area contributed by atoms with Crippen molar-refractivity contribution in [1.82, 2.24) is 9.55 Å². The van der Waals surface area contributed by atoms with Crippen LogP contribution in [-0.4, -0.2) is 21.2 Å². The van der Waals surface area contributed by atoms with Crippen LogP contribution in [-0.2, 0) is 11.3 Å². The Morgan fingerprint density at radius 2 is 2.05 bits per heavy atom. The van der Waals surface area contributed by atoms with E-state index in [9.17, 15) is 18.4 Å². The maximum absolute atomic E-state index is 12.8. The summed E-state index contributed by atoms with van der Waals surface area (Å²) in [4.78, 5) is 29.0. The maximum Gasteiger partial charge on any atom is 0.319 e. The number of hydrogen-bond acceptors (Lipinski definition) is 3. The molecule has 1 aromatic heterocycles. The van der Waals surface area contributed by atoms with Crippen molar-refractivity contribution in [3.05, 3.63) is 47.5 Å². The molecule has 0 bridgehead atoms. The molecule has 2 heterocycles. The number of halogens is 2. The van der Waals surface area contributed by atoms with Crippen LogP contribution in [0.3, 0.4) is 0 Å². The fraction of sp³-hybridized carbons (Fsp3) is 0.214. The fourth-order valence-corrected chi connectivity index (χ4v) is 2.36. The first-order valence-electron chi connectivity index (χ1n) is 6.25. The molecule has 2 aromatic rings. The molecule has 108 valence electrons. The third-order valence-electron chi connectivity index (χ3n) is 3.39. The summed E-state index contributed by atoms with van der Waals surface area (Å²) >= 11 is 0. The van der Waals surface area contributed by atoms with Crippen LogP contribution in [0.2, 0.25) is 0 Å². The van der Waals surface area contributed by atoms with E-state index in [-0.39, 0.29) is 12.4 Å².